The maximum Gasteiger partial charge on any atom is 0.354 e. The average molecular weight is 231 g/mol. The Hall–Kier alpha value is -2.10. The van der Waals surface area contributed by atoms with Crippen LogP contribution in [0.2, 0.25) is 0 Å². The van der Waals surface area contributed by atoms with Crippen LogP contribution in [0, 0.1) is 0 Å². The number of aromatic carboxylic acids is 1. The van der Waals surface area contributed by atoms with Crippen LogP contribution in [0.25, 0.3) is 10.9 Å². The molecule has 0 radical (unpaired) electrons. The standard InChI is InChI=1S/C13H13NO3/c1-3-8-4-5-10-9(6-8)12(17-2)7-11(14-10)13(15)16/h4-7H,3H2,1-2H3,(H,15,16). The van der Waals surface area contributed by atoms with E-state index in [0.29, 0.717) is 11.3 Å². The number of pyridine rings is 1. The van der Waals surface area contributed by atoms with E-state index in [0.717, 1.165) is 11.8 Å². The average Bonchev–Trinajstić information content (AvgIpc) is 2.36. The molecule has 4 nitrogen and oxygen atoms in total. The highest BCUT2D eigenvalue weighted by atomic mass is 16.5. The van der Waals surface area contributed by atoms with Gasteiger partial charge in [0.1, 0.15) is 5.75 Å². The molecule has 0 spiro atoms. The number of rotatable bonds is 3. The Labute approximate surface area is 98.9 Å². The summed E-state index contributed by atoms with van der Waals surface area (Å²) in [5, 5.41) is 9.79. The van der Waals surface area contributed by atoms with Gasteiger partial charge in [-0.15, -0.1) is 0 Å². The van der Waals surface area contributed by atoms with Crippen LogP contribution in [-0.2, 0) is 6.42 Å². The van der Waals surface area contributed by atoms with Gasteiger partial charge in [-0.2, -0.15) is 0 Å². The first-order valence-electron chi connectivity index (χ1n) is 5.36. The van der Waals surface area contributed by atoms with Gasteiger partial charge in [-0.25, -0.2) is 9.78 Å². The zero-order valence-corrected chi connectivity index (χ0v) is 9.73. The minimum atomic E-state index is -1.05. The first kappa shape index (κ1) is 11.4. The van der Waals surface area contributed by atoms with Crippen molar-refractivity contribution in [3.05, 3.63) is 35.5 Å². The normalized spacial score (nSPS) is 10.5. The Bertz CT molecular complexity index is 578. The molecule has 0 aliphatic rings. The van der Waals surface area contributed by atoms with Gasteiger partial charge in [-0.1, -0.05) is 13.0 Å². The highest BCUT2D eigenvalue weighted by Gasteiger charge is 2.11. The molecular formula is C13H13NO3. The fraction of sp³-hybridized carbons (Fsp3) is 0.231. The van der Waals surface area contributed by atoms with Gasteiger partial charge in [0.05, 0.1) is 12.6 Å². The lowest BCUT2D eigenvalue weighted by molar-refractivity contribution is 0.0690. The van der Waals surface area contributed by atoms with Crippen molar-refractivity contribution in [1.82, 2.24) is 4.98 Å². The second-order valence-electron chi connectivity index (χ2n) is 3.72. The number of aryl methyl sites for hydroxylation is 1. The van der Waals surface area contributed by atoms with Crippen molar-refractivity contribution in [3.63, 3.8) is 0 Å². The lowest BCUT2D eigenvalue weighted by atomic mass is 10.1. The van der Waals surface area contributed by atoms with Crippen LogP contribution in [-0.4, -0.2) is 23.2 Å². The number of nitrogens with zero attached hydrogens (tertiary/aromatic N) is 1. The molecule has 0 unspecified atom stereocenters. The number of ether oxygens (including phenoxy) is 1. The van der Waals surface area contributed by atoms with Crippen LogP contribution in [0.1, 0.15) is 23.0 Å². The Balaban J connectivity index is 2.72. The molecule has 0 aliphatic carbocycles. The van der Waals surface area contributed by atoms with Crippen LogP contribution in [0.15, 0.2) is 24.3 Å². The van der Waals surface area contributed by atoms with Crippen molar-refractivity contribution in [1.29, 1.82) is 0 Å². The third-order valence-corrected chi connectivity index (χ3v) is 2.68. The van der Waals surface area contributed by atoms with Crippen LogP contribution >= 0.6 is 0 Å². The quantitative estimate of drug-likeness (QED) is 0.881. The Morgan fingerprint density at radius 2 is 2.18 bits per heavy atom. The van der Waals surface area contributed by atoms with E-state index in [2.05, 4.69) is 11.9 Å². The van der Waals surface area contributed by atoms with Crippen molar-refractivity contribution >= 4 is 16.9 Å². The summed E-state index contributed by atoms with van der Waals surface area (Å²) in [5.41, 5.74) is 1.80. The molecule has 1 aromatic carbocycles. The van der Waals surface area contributed by atoms with Gasteiger partial charge < -0.3 is 9.84 Å². The number of hydrogen-bond acceptors (Lipinski definition) is 3. The molecule has 2 rings (SSSR count). The summed E-state index contributed by atoms with van der Waals surface area (Å²) in [6, 6.07) is 7.19. The summed E-state index contributed by atoms with van der Waals surface area (Å²) < 4.78 is 5.21. The molecular weight excluding hydrogens is 218 g/mol. The van der Waals surface area contributed by atoms with Gasteiger partial charge in [-0.05, 0) is 24.1 Å². The minimum absolute atomic E-state index is 0.00130. The second-order valence-corrected chi connectivity index (χ2v) is 3.72. The van der Waals surface area contributed by atoms with E-state index < -0.39 is 5.97 Å². The first-order chi connectivity index (χ1) is 8.15. The molecule has 0 saturated heterocycles. The summed E-state index contributed by atoms with van der Waals surface area (Å²) in [6.45, 7) is 2.06. The minimum Gasteiger partial charge on any atom is -0.496 e. The number of fused-ring (bicyclic) bond motifs is 1. The van der Waals surface area contributed by atoms with E-state index >= 15 is 0 Å². The fourth-order valence-corrected chi connectivity index (χ4v) is 1.74. The SMILES string of the molecule is CCc1ccc2nc(C(=O)O)cc(OC)c2c1. The van der Waals surface area contributed by atoms with E-state index in [1.807, 2.05) is 18.2 Å². The van der Waals surface area contributed by atoms with E-state index in [1.165, 1.54) is 18.7 Å². The summed E-state index contributed by atoms with van der Waals surface area (Å²) in [7, 11) is 1.53. The predicted molar refractivity (Wildman–Crippen MR) is 64.6 cm³/mol. The molecule has 0 saturated carbocycles. The van der Waals surface area contributed by atoms with Gasteiger partial charge in [-0.3, -0.25) is 0 Å². The molecule has 4 heteroatoms. The maximum absolute atomic E-state index is 10.9. The topological polar surface area (TPSA) is 59.4 Å². The fourth-order valence-electron chi connectivity index (χ4n) is 1.74. The highest BCUT2D eigenvalue weighted by molar-refractivity contribution is 5.93. The van der Waals surface area contributed by atoms with E-state index in [1.54, 1.807) is 0 Å². The molecule has 88 valence electrons. The molecule has 1 heterocycles. The van der Waals surface area contributed by atoms with E-state index in [4.69, 9.17) is 9.84 Å². The maximum atomic E-state index is 10.9. The van der Waals surface area contributed by atoms with Gasteiger partial charge in [0.25, 0.3) is 0 Å². The third-order valence-electron chi connectivity index (χ3n) is 2.68. The lowest BCUT2D eigenvalue weighted by Crippen LogP contribution is -2.01. The van der Waals surface area contributed by atoms with Crippen molar-refractivity contribution < 1.29 is 14.6 Å². The summed E-state index contributed by atoms with van der Waals surface area (Å²) in [6.07, 6.45) is 0.916. The highest BCUT2D eigenvalue weighted by Crippen LogP contribution is 2.26. The summed E-state index contributed by atoms with van der Waals surface area (Å²) in [4.78, 5) is 15.0. The first-order valence-corrected chi connectivity index (χ1v) is 5.36. The lowest BCUT2D eigenvalue weighted by Gasteiger charge is -2.07. The Morgan fingerprint density at radius 3 is 2.76 bits per heavy atom. The van der Waals surface area contributed by atoms with Crippen LogP contribution in [0.3, 0.4) is 0 Å². The Morgan fingerprint density at radius 1 is 1.41 bits per heavy atom. The van der Waals surface area contributed by atoms with Crippen molar-refractivity contribution in [2.45, 2.75) is 13.3 Å². The van der Waals surface area contributed by atoms with Gasteiger partial charge in [0, 0.05) is 11.5 Å². The number of benzene rings is 1. The summed E-state index contributed by atoms with van der Waals surface area (Å²) >= 11 is 0. The number of aromatic nitrogens is 1. The second kappa shape index (κ2) is 4.41. The van der Waals surface area contributed by atoms with Crippen molar-refractivity contribution in [2.75, 3.05) is 7.11 Å². The summed E-state index contributed by atoms with van der Waals surface area (Å²) in [5.74, 6) is -0.507. The number of carboxylic acid groups (broad SMARTS) is 1. The Kier molecular flexibility index (Phi) is 2.95. The van der Waals surface area contributed by atoms with Gasteiger partial charge >= 0.3 is 5.97 Å². The smallest absolute Gasteiger partial charge is 0.354 e. The number of carbonyl (C=O) groups is 1. The molecule has 0 fully saturated rings. The number of methoxy groups -OCH3 is 1. The van der Waals surface area contributed by atoms with Crippen molar-refractivity contribution in [2.24, 2.45) is 0 Å². The molecule has 0 aliphatic heterocycles. The van der Waals surface area contributed by atoms with E-state index in [-0.39, 0.29) is 5.69 Å². The zero-order chi connectivity index (χ0) is 12.4. The van der Waals surface area contributed by atoms with Gasteiger partial charge in [0.15, 0.2) is 5.69 Å². The van der Waals surface area contributed by atoms with Crippen LogP contribution < -0.4 is 4.74 Å². The zero-order valence-electron chi connectivity index (χ0n) is 9.73. The molecule has 0 amide bonds. The van der Waals surface area contributed by atoms with Crippen LogP contribution in [0.4, 0.5) is 0 Å². The van der Waals surface area contributed by atoms with E-state index in [9.17, 15) is 4.79 Å². The molecule has 2 aromatic rings. The monoisotopic (exact) mass is 231 g/mol. The molecule has 1 N–H and O–H groups in total. The molecule has 0 bridgehead atoms. The number of carboxylic acids is 1. The van der Waals surface area contributed by atoms with Crippen molar-refractivity contribution in [3.8, 4) is 5.75 Å². The number of hydrogen-bond donors (Lipinski definition) is 1. The molecule has 17 heavy (non-hydrogen) atoms. The predicted octanol–water partition coefficient (Wildman–Crippen LogP) is 2.50. The van der Waals surface area contributed by atoms with Crippen LogP contribution in [0.5, 0.6) is 5.75 Å². The third kappa shape index (κ3) is 2.06. The largest absolute Gasteiger partial charge is 0.496 e. The molecule has 0 atom stereocenters. The van der Waals surface area contributed by atoms with Gasteiger partial charge in [0.2, 0.25) is 0 Å². The molecule has 1 aromatic heterocycles.